The Balaban J connectivity index is 1.77. The molecule has 2 atom stereocenters. The summed E-state index contributed by atoms with van der Waals surface area (Å²) in [6.45, 7) is 2.15. The monoisotopic (exact) mass is 252 g/mol. The summed E-state index contributed by atoms with van der Waals surface area (Å²) < 4.78 is 0. The molecular weight excluding hydrogens is 228 g/mol. The molecule has 4 nitrogen and oxygen atoms in total. The summed E-state index contributed by atoms with van der Waals surface area (Å²) in [6.07, 6.45) is 8.89. The van der Waals surface area contributed by atoms with E-state index >= 15 is 0 Å². The van der Waals surface area contributed by atoms with E-state index < -0.39 is 11.8 Å². The Bertz CT molecular complexity index is 311. The Morgan fingerprint density at radius 1 is 0.833 bits per heavy atom. The number of amides is 2. The van der Waals surface area contributed by atoms with E-state index in [1.165, 1.54) is 6.42 Å². The van der Waals surface area contributed by atoms with Crippen LogP contribution in [0.15, 0.2) is 0 Å². The van der Waals surface area contributed by atoms with Crippen molar-refractivity contribution in [2.24, 2.45) is 5.92 Å². The molecule has 0 unspecified atom stereocenters. The lowest BCUT2D eigenvalue weighted by molar-refractivity contribution is -0.140. The minimum atomic E-state index is -0.445. The number of hydrogen-bond donors (Lipinski definition) is 2. The normalized spacial score (nSPS) is 28.9. The standard InChI is InChI=1S/C14H24N2O2/c1-10-6-2-5-9-12(10)16-14(18)13(17)15-11-7-3-4-8-11/h10-12H,2-9H2,1H3,(H,15,17)(H,16,18)/t10-,12-/m0/s1. The summed E-state index contributed by atoms with van der Waals surface area (Å²) in [6, 6.07) is 0.396. The first-order chi connectivity index (χ1) is 8.66. The smallest absolute Gasteiger partial charge is 0.309 e. The molecule has 18 heavy (non-hydrogen) atoms. The Hall–Kier alpha value is -1.06. The van der Waals surface area contributed by atoms with Crippen molar-refractivity contribution < 1.29 is 9.59 Å². The summed E-state index contributed by atoms with van der Waals surface area (Å²) in [5.74, 6) is -0.401. The van der Waals surface area contributed by atoms with E-state index in [4.69, 9.17) is 0 Å². The molecule has 0 bridgehead atoms. The van der Waals surface area contributed by atoms with Gasteiger partial charge in [0.2, 0.25) is 0 Å². The van der Waals surface area contributed by atoms with Gasteiger partial charge in [0.05, 0.1) is 0 Å². The van der Waals surface area contributed by atoms with Crippen LogP contribution in [0.5, 0.6) is 0 Å². The van der Waals surface area contributed by atoms with Crippen LogP contribution < -0.4 is 10.6 Å². The molecule has 0 aromatic carbocycles. The highest BCUT2D eigenvalue weighted by molar-refractivity contribution is 6.35. The average Bonchev–Trinajstić information content (AvgIpc) is 2.84. The molecule has 0 aromatic rings. The molecule has 0 spiro atoms. The van der Waals surface area contributed by atoms with E-state index in [1.54, 1.807) is 0 Å². The van der Waals surface area contributed by atoms with Crippen molar-refractivity contribution in [1.29, 1.82) is 0 Å². The van der Waals surface area contributed by atoms with Crippen molar-refractivity contribution in [3.05, 3.63) is 0 Å². The predicted octanol–water partition coefficient (Wildman–Crippen LogP) is 1.74. The largest absolute Gasteiger partial charge is 0.345 e. The van der Waals surface area contributed by atoms with Gasteiger partial charge in [-0.1, -0.05) is 32.6 Å². The zero-order chi connectivity index (χ0) is 13.0. The van der Waals surface area contributed by atoms with Crippen LogP contribution in [0.1, 0.15) is 58.3 Å². The first kappa shape index (κ1) is 13.4. The van der Waals surface area contributed by atoms with Crippen LogP contribution in [0.25, 0.3) is 0 Å². The Morgan fingerprint density at radius 2 is 1.39 bits per heavy atom. The molecule has 0 aromatic heterocycles. The molecule has 0 aliphatic heterocycles. The van der Waals surface area contributed by atoms with Gasteiger partial charge in [-0.2, -0.15) is 0 Å². The van der Waals surface area contributed by atoms with Crippen LogP contribution in [0.4, 0.5) is 0 Å². The van der Waals surface area contributed by atoms with Gasteiger partial charge < -0.3 is 10.6 Å². The summed E-state index contributed by atoms with van der Waals surface area (Å²) in [5.41, 5.74) is 0. The van der Waals surface area contributed by atoms with Crippen LogP contribution >= 0.6 is 0 Å². The number of carbonyl (C=O) groups excluding carboxylic acids is 2. The van der Waals surface area contributed by atoms with E-state index in [0.717, 1.165) is 44.9 Å². The lowest BCUT2D eigenvalue weighted by Gasteiger charge is -2.29. The summed E-state index contributed by atoms with van der Waals surface area (Å²) in [5, 5.41) is 5.72. The zero-order valence-corrected chi connectivity index (χ0v) is 11.2. The van der Waals surface area contributed by atoms with Gasteiger partial charge in [0.15, 0.2) is 0 Å². The molecule has 2 fully saturated rings. The highest BCUT2D eigenvalue weighted by Gasteiger charge is 2.27. The van der Waals surface area contributed by atoms with Crippen molar-refractivity contribution in [2.45, 2.75) is 70.4 Å². The number of carbonyl (C=O) groups is 2. The van der Waals surface area contributed by atoms with Gasteiger partial charge in [0.1, 0.15) is 0 Å². The molecule has 2 N–H and O–H groups in total. The number of nitrogens with one attached hydrogen (secondary N) is 2. The van der Waals surface area contributed by atoms with Gasteiger partial charge in [0.25, 0.3) is 0 Å². The SMILES string of the molecule is C[C@H]1CCCC[C@@H]1NC(=O)C(=O)NC1CCCC1. The van der Waals surface area contributed by atoms with Gasteiger partial charge in [0, 0.05) is 12.1 Å². The van der Waals surface area contributed by atoms with Crippen molar-refractivity contribution in [3.8, 4) is 0 Å². The molecule has 0 saturated heterocycles. The fourth-order valence-electron chi connectivity index (χ4n) is 3.09. The fraction of sp³-hybridized carbons (Fsp3) is 0.857. The second-order valence-corrected chi connectivity index (χ2v) is 5.80. The molecular formula is C14H24N2O2. The second-order valence-electron chi connectivity index (χ2n) is 5.80. The number of rotatable bonds is 2. The van der Waals surface area contributed by atoms with Crippen molar-refractivity contribution >= 4 is 11.8 Å². The quantitative estimate of drug-likeness (QED) is 0.735. The predicted molar refractivity (Wildman–Crippen MR) is 70.0 cm³/mol. The van der Waals surface area contributed by atoms with Gasteiger partial charge in [-0.3, -0.25) is 9.59 Å². The molecule has 2 aliphatic rings. The summed E-state index contributed by atoms with van der Waals surface area (Å²) in [7, 11) is 0. The molecule has 2 rings (SSSR count). The molecule has 2 saturated carbocycles. The third-order valence-electron chi connectivity index (χ3n) is 4.32. The lowest BCUT2D eigenvalue weighted by atomic mass is 9.86. The van der Waals surface area contributed by atoms with Crippen molar-refractivity contribution in [2.75, 3.05) is 0 Å². The molecule has 102 valence electrons. The van der Waals surface area contributed by atoms with E-state index in [-0.39, 0.29) is 12.1 Å². The third kappa shape index (κ3) is 3.47. The Kier molecular flexibility index (Phi) is 4.61. The fourth-order valence-corrected chi connectivity index (χ4v) is 3.09. The van der Waals surface area contributed by atoms with Crippen molar-refractivity contribution in [1.82, 2.24) is 10.6 Å². The summed E-state index contributed by atoms with van der Waals surface area (Å²) in [4.78, 5) is 23.6. The highest BCUT2D eigenvalue weighted by Crippen LogP contribution is 2.23. The first-order valence-corrected chi connectivity index (χ1v) is 7.28. The highest BCUT2D eigenvalue weighted by atomic mass is 16.2. The first-order valence-electron chi connectivity index (χ1n) is 7.28. The molecule has 0 heterocycles. The molecule has 2 aliphatic carbocycles. The topological polar surface area (TPSA) is 58.2 Å². The van der Waals surface area contributed by atoms with Crippen molar-refractivity contribution in [3.63, 3.8) is 0 Å². The number of hydrogen-bond acceptors (Lipinski definition) is 2. The third-order valence-corrected chi connectivity index (χ3v) is 4.32. The summed E-state index contributed by atoms with van der Waals surface area (Å²) >= 11 is 0. The van der Waals surface area contributed by atoms with Gasteiger partial charge in [-0.15, -0.1) is 0 Å². The molecule has 2 amide bonds. The molecule has 0 radical (unpaired) electrons. The van der Waals surface area contributed by atoms with Crippen LogP contribution in [-0.4, -0.2) is 23.9 Å². The van der Waals surface area contributed by atoms with Crippen LogP contribution in [-0.2, 0) is 9.59 Å². The Morgan fingerprint density at radius 3 is 2.06 bits per heavy atom. The maximum Gasteiger partial charge on any atom is 0.309 e. The lowest BCUT2D eigenvalue weighted by Crippen LogP contribution is -2.49. The van der Waals surface area contributed by atoms with Gasteiger partial charge in [-0.05, 0) is 31.6 Å². The minimum Gasteiger partial charge on any atom is -0.345 e. The van der Waals surface area contributed by atoms with E-state index in [0.29, 0.717) is 5.92 Å². The van der Waals surface area contributed by atoms with Gasteiger partial charge in [-0.25, -0.2) is 0 Å². The average molecular weight is 252 g/mol. The van der Waals surface area contributed by atoms with Gasteiger partial charge >= 0.3 is 11.8 Å². The van der Waals surface area contributed by atoms with E-state index in [9.17, 15) is 9.59 Å². The minimum absolute atomic E-state index is 0.181. The zero-order valence-electron chi connectivity index (χ0n) is 11.2. The Labute approximate surface area is 109 Å². The second kappa shape index (κ2) is 6.21. The van der Waals surface area contributed by atoms with Crippen LogP contribution in [0.2, 0.25) is 0 Å². The van der Waals surface area contributed by atoms with E-state index in [2.05, 4.69) is 17.6 Å². The maximum atomic E-state index is 11.8. The molecule has 4 heteroatoms. The maximum absolute atomic E-state index is 11.8. The van der Waals surface area contributed by atoms with Crippen LogP contribution in [0, 0.1) is 5.92 Å². The van der Waals surface area contributed by atoms with E-state index in [1.807, 2.05) is 0 Å². The van der Waals surface area contributed by atoms with Crippen LogP contribution in [0.3, 0.4) is 0 Å².